The molecule has 0 radical (unpaired) electrons. The number of ether oxygens (including phenoxy) is 1. The molecule has 4 rings (SSSR count). The zero-order valence-corrected chi connectivity index (χ0v) is 19.2. The first kappa shape index (κ1) is 22.9. The summed E-state index contributed by atoms with van der Waals surface area (Å²) in [5.74, 6) is 2.07. The summed E-state index contributed by atoms with van der Waals surface area (Å²) in [5.41, 5.74) is 5.64. The number of fused-ring (bicyclic) bond motifs is 2. The third-order valence-corrected chi connectivity index (χ3v) is 7.68. The highest BCUT2D eigenvalue weighted by atomic mass is 32.2. The number of nitrogens with one attached hydrogen (secondary N) is 1. The molecule has 3 unspecified atom stereocenters. The van der Waals surface area contributed by atoms with Gasteiger partial charge in [0, 0.05) is 10.9 Å². The molecule has 0 spiro atoms. The van der Waals surface area contributed by atoms with Gasteiger partial charge in [0.15, 0.2) is 0 Å². The fourth-order valence-corrected chi connectivity index (χ4v) is 5.93. The maximum absolute atomic E-state index is 13.2. The van der Waals surface area contributed by atoms with E-state index in [1.165, 1.54) is 50.3 Å². The van der Waals surface area contributed by atoms with Crippen molar-refractivity contribution in [1.29, 1.82) is 0 Å². The molecule has 2 aliphatic carbocycles. The van der Waals surface area contributed by atoms with E-state index in [2.05, 4.69) is 17.4 Å². The first-order chi connectivity index (χ1) is 15.5. The van der Waals surface area contributed by atoms with Crippen molar-refractivity contribution in [3.05, 3.63) is 36.1 Å². The lowest BCUT2D eigenvalue weighted by Crippen LogP contribution is -2.42. The van der Waals surface area contributed by atoms with Gasteiger partial charge in [-0.1, -0.05) is 49.2 Å². The van der Waals surface area contributed by atoms with E-state index in [0.29, 0.717) is 17.1 Å². The summed E-state index contributed by atoms with van der Waals surface area (Å²) >= 11 is 1.34. The van der Waals surface area contributed by atoms with Crippen molar-refractivity contribution in [2.75, 3.05) is 6.61 Å². The van der Waals surface area contributed by atoms with E-state index in [1.54, 1.807) is 0 Å². The summed E-state index contributed by atoms with van der Waals surface area (Å²) < 4.78 is 11.0. The van der Waals surface area contributed by atoms with Gasteiger partial charge in [-0.05, 0) is 61.2 Å². The van der Waals surface area contributed by atoms with E-state index in [9.17, 15) is 9.59 Å². The molecule has 8 heteroatoms. The molecule has 7 nitrogen and oxygen atoms in total. The van der Waals surface area contributed by atoms with Gasteiger partial charge in [-0.2, -0.15) is 0 Å². The summed E-state index contributed by atoms with van der Waals surface area (Å²) in [5, 5.41) is 7.10. The van der Waals surface area contributed by atoms with Gasteiger partial charge in [-0.15, -0.1) is 0 Å². The second kappa shape index (κ2) is 10.5. The molecule has 1 aromatic heterocycles. The molecule has 4 atom stereocenters. The number of carbonyl (C=O) groups is 2. The Bertz CT molecular complexity index is 907. The van der Waals surface area contributed by atoms with Gasteiger partial charge in [0.05, 0.1) is 6.04 Å². The topological polar surface area (TPSA) is 107 Å². The van der Waals surface area contributed by atoms with Crippen LogP contribution in [0.3, 0.4) is 0 Å². The van der Waals surface area contributed by atoms with Crippen molar-refractivity contribution in [3.63, 3.8) is 0 Å². The summed E-state index contributed by atoms with van der Waals surface area (Å²) in [4.78, 5) is 25.4. The minimum absolute atomic E-state index is 0.0410. The zero-order valence-electron chi connectivity index (χ0n) is 18.4. The lowest BCUT2D eigenvalue weighted by molar-refractivity contribution is -0.109. The average Bonchev–Trinajstić information content (AvgIpc) is 3.20. The lowest BCUT2D eigenvalue weighted by atomic mass is 9.66. The Morgan fingerprint density at radius 1 is 1.28 bits per heavy atom. The summed E-state index contributed by atoms with van der Waals surface area (Å²) in [7, 11) is 0. The number of nitrogens with two attached hydrogens (primary N) is 1. The molecule has 172 valence electrons. The monoisotopic (exact) mass is 457 g/mol. The van der Waals surface area contributed by atoms with Crippen LogP contribution in [0.15, 0.2) is 44.6 Å². The third kappa shape index (κ3) is 5.53. The van der Waals surface area contributed by atoms with Gasteiger partial charge >= 0.3 is 0 Å². The van der Waals surface area contributed by atoms with E-state index in [0.717, 1.165) is 16.7 Å². The number of aromatic nitrogens is 1. The van der Waals surface area contributed by atoms with Crippen molar-refractivity contribution < 1.29 is 18.8 Å². The normalized spacial score (nSPS) is 24.4. The fraction of sp³-hybridized carbons (Fsp3) is 0.542. The second-order valence-electron chi connectivity index (χ2n) is 9.06. The molecular formula is C24H31N3O4S. The Kier molecular flexibility index (Phi) is 7.52. The molecule has 1 amide bonds. The molecule has 32 heavy (non-hydrogen) atoms. The summed E-state index contributed by atoms with van der Waals surface area (Å²) in [6.45, 7) is 2.05. The molecule has 1 aromatic carbocycles. The Balaban J connectivity index is 1.48. The predicted octanol–water partition coefficient (Wildman–Crippen LogP) is 4.07. The minimum Gasteiger partial charge on any atom is -0.473 e. The van der Waals surface area contributed by atoms with Gasteiger partial charge in [-0.25, -0.2) is 0 Å². The maximum Gasteiger partial charge on any atom is 0.291 e. The van der Waals surface area contributed by atoms with Crippen LogP contribution in [-0.4, -0.2) is 36.0 Å². The molecule has 0 aliphatic heterocycles. The van der Waals surface area contributed by atoms with Crippen LogP contribution in [0.2, 0.25) is 0 Å². The van der Waals surface area contributed by atoms with Gasteiger partial charge in [0.2, 0.25) is 5.76 Å². The van der Waals surface area contributed by atoms with E-state index in [1.807, 2.05) is 30.3 Å². The van der Waals surface area contributed by atoms with E-state index in [-0.39, 0.29) is 30.2 Å². The molecular weight excluding hydrogens is 426 g/mol. The highest BCUT2D eigenvalue weighted by Gasteiger charge is 2.35. The number of carbonyl (C=O) groups excluding carboxylic acids is 2. The van der Waals surface area contributed by atoms with E-state index >= 15 is 0 Å². The number of benzene rings is 1. The largest absolute Gasteiger partial charge is 0.473 e. The lowest BCUT2D eigenvalue weighted by Gasteiger charge is -2.41. The van der Waals surface area contributed by atoms with Crippen LogP contribution in [0.4, 0.5) is 0 Å². The van der Waals surface area contributed by atoms with Crippen molar-refractivity contribution in [1.82, 2.24) is 10.5 Å². The molecule has 1 heterocycles. The first-order valence-corrected chi connectivity index (χ1v) is 12.2. The standard InChI is InChI=1S/C24H31N3O4S/c1-15(18-11-16-6-5-7-17(10-16)12-18)26-23(29)21-22(32-20-8-3-2-4-9-20)24(27-31-21)30-14-19(25)13-28/h2-4,8-9,13,15-19H,5-7,10-12,14,25H2,1H3,(H,26,29)/t15?,16?,17?,18?,19-/m1/s1. The number of aldehydes is 1. The number of amides is 1. The quantitative estimate of drug-likeness (QED) is 0.547. The van der Waals surface area contributed by atoms with Crippen LogP contribution in [0.1, 0.15) is 56.0 Å². The zero-order chi connectivity index (χ0) is 22.5. The van der Waals surface area contributed by atoms with E-state index < -0.39 is 6.04 Å². The Labute approximate surface area is 192 Å². The highest BCUT2D eigenvalue weighted by Crippen LogP contribution is 2.44. The molecule has 2 aliphatic rings. The van der Waals surface area contributed by atoms with Crippen LogP contribution in [0.25, 0.3) is 0 Å². The molecule has 3 N–H and O–H groups in total. The van der Waals surface area contributed by atoms with Gasteiger partial charge in [-0.3, -0.25) is 4.79 Å². The van der Waals surface area contributed by atoms with Crippen LogP contribution in [0, 0.1) is 17.8 Å². The fourth-order valence-electron chi connectivity index (χ4n) is 5.00. The maximum atomic E-state index is 13.2. The SMILES string of the molecule is CC(NC(=O)c1onc(OC[C@H](N)C=O)c1Sc1ccccc1)C1CC2CCCC(C2)C1. The van der Waals surface area contributed by atoms with Crippen LogP contribution in [0.5, 0.6) is 5.88 Å². The summed E-state index contributed by atoms with van der Waals surface area (Å²) in [6, 6.07) is 8.91. The van der Waals surface area contributed by atoms with Crippen molar-refractivity contribution >= 4 is 24.0 Å². The number of rotatable bonds is 9. The predicted molar refractivity (Wildman–Crippen MR) is 122 cm³/mol. The number of hydrogen-bond donors (Lipinski definition) is 2. The Hall–Kier alpha value is -2.32. The van der Waals surface area contributed by atoms with Crippen molar-refractivity contribution in [2.24, 2.45) is 23.5 Å². The molecule has 0 saturated heterocycles. The van der Waals surface area contributed by atoms with Crippen molar-refractivity contribution in [2.45, 2.75) is 67.3 Å². The minimum atomic E-state index is -0.774. The molecule has 2 fully saturated rings. The van der Waals surface area contributed by atoms with E-state index in [4.69, 9.17) is 15.0 Å². The van der Waals surface area contributed by atoms with Crippen LogP contribution < -0.4 is 15.8 Å². The second-order valence-corrected chi connectivity index (χ2v) is 10.1. The molecule has 2 saturated carbocycles. The van der Waals surface area contributed by atoms with Crippen LogP contribution in [-0.2, 0) is 4.79 Å². The smallest absolute Gasteiger partial charge is 0.291 e. The Morgan fingerprint density at radius 2 is 2.00 bits per heavy atom. The number of nitrogens with zero attached hydrogens (tertiary/aromatic N) is 1. The van der Waals surface area contributed by atoms with Crippen LogP contribution >= 0.6 is 11.8 Å². The third-order valence-electron chi connectivity index (χ3n) is 6.61. The first-order valence-electron chi connectivity index (χ1n) is 11.4. The number of hydrogen-bond acceptors (Lipinski definition) is 7. The van der Waals surface area contributed by atoms with Crippen molar-refractivity contribution in [3.8, 4) is 5.88 Å². The average molecular weight is 458 g/mol. The molecule has 2 aromatic rings. The van der Waals surface area contributed by atoms with Gasteiger partial charge in [0.1, 0.15) is 17.8 Å². The summed E-state index contributed by atoms with van der Waals surface area (Å²) in [6.07, 6.45) is 8.29. The molecule has 2 bridgehead atoms. The Morgan fingerprint density at radius 3 is 2.69 bits per heavy atom. The van der Waals surface area contributed by atoms with Gasteiger partial charge in [0.25, 0.3) is 11.8 Å². The highest BCUT2D eigenvalue weighted by molar-refractivity contribution is 7.99. The van der Waals surface area contributed by atoms with Gasteiger partial charge < -0.3 is 25.1 Å².